The van der Waals surface area contributed by atoms with Gasteiger partial charge in [-0.25, -0.2) is 4.79 Å². The number of rotatable bonds is 31. The van der Waals surface area contributed by atoms with Crippen molar-refractivity contribution in [3.05, 3.63) is 0 Å². The number of carboxylic acids is 2. The van der Waals surface area contributed by atoms with Crippen LogP contribution in [0, 0.1) is 0 Å². The van der Waals surface area contributed by atoms with Crippen molar-refractivity contribution in [2.24, 2.45) is 0 Å². The average Bonchev–Trinajstić information content (AvgIpc) is 2.95. The fraction of sp³-hybridized carbons (Fsp3) is 0.839. The standard InChI is InChI=1S/C31H56N2O9/c1-2-26(34)25-42-24-23-41-22-21-32-28(35)20-19-27(31(39)40)33-29(36)17-15-13-11-9-7-5-3-4-6-8-10-12-14-16-18-30(37)38/h27H,2-25H2,1H3,(H,32,35)(H,33,36)(H,37,38)(H,39,40)/t27-/m0/s1. The van der Waals surface area contributed by atoms with Crippen molar-refractivity contribution in [1.82, 2.24) is 10.6 Å². The summed E-state index contributed by atoms with van der Waals surface area (Å²) in [5.41, 5.74) is 0. The number of hydrogen-bond donors (Lipinski definition) is 4. The van der Waals surface area contributed by atoms with Gasteiger partial charge in [0.2, 0.25) is 11.8 Å². The molecule has 1 atom stereocenters. The molecule has 2 amide bonds. The van der Waals surface area contributed by atoms with Gasteiger partial charge in [0.25, 0.3) is 0 Å². The van der Waals surface area contributed by atoms with Crippen molar-refractivity contribution in [3.8, 4) is 0 Å². The number of carbonyl (C=O) groups is 5. The van der Waals surface area contributed by atoms with Crippen LogP contribution >= 0.6 is 0 Å². The number of Topliss-reactive ketones (excluding diaryl/α,β-unsaturated/α-hetero) is 1. The summed E-state index contributed by atoms with van der Waals surface area (Å²) in [7, 11) is 0. The van der Waals surface area contributed by atoms with E-state index in [1.165, 1.54) is 44.9 Å². The summed E-state index contributed by atoms with van der Waals surface area (Å²) in [6, 6.07) is -1.10. The molecule has 0 bridgehead atoms. The minimum Gasteiger partial charge on any atom is -0.481 e. The molecule has 0 aliphatic heterocycles. The molecule has 0 aromatic heterocycles. The van der Waals surface area contributed by atoms with Crippen LogP contribution in [0.4, 0.5) is 0 Å². The number of aliphatic carboxylic acids is 2. The first-order valence-electron chi connectivity index (χ1n) is 15.9. The highest BCUT2D eigenvalue weighted by molar-refractivity contribution is 5.84. The van der Waals surface area contributed by atoms with Gasteiger partial charge >= 0.3 is 11.9 Å². The first-order chi connectivity index (χ1) is 20.3. The van der Waals surface area contributed by atoms with E-state index in [2.05, 4.69) is 10.6 Å². The highest BCUT2D eigenvalue weighted by atomic mass is 16.5. The molecule has 0 saturated heterocycles. The average molecular weight is 601 g/mol. The minimum absolute atomic E-state index is 0.0137. The molecule has 0 aliphatic rings. The normalized spacial score (nSPS) is 11.6. The summed E-state index contributed by atoms with van der Waals surface area (Å²) in [6.07, 6.45) is 16.3. The van der Waals surface area contributed by atoms with E-state index in [1.54, 1.807) is 6.92 Å². The summed E-state index contributed by atoms with van der Waals surface area (Å²) < 4.78 is 10.5. The number of carbonyl (C=O) groups excluding carboxylic acids is 3. The summed E-state index contributed by atoms with van der Waals surface area (Å²) in [5.74, 6) is -2.45. The predicted octanol–water partition coefficient (Wildman–Crippen LogP) is 4.79. The second-order valence-corrected chi connectivity index (χ2v) is 10.7. The lowest BCUT2D eigenvalue weighted by atomic mass is 10.0. The Bertz CT molecular complexity index is 746. The summed E-state index contributed by atoms with van der Waals surface area (Å²) in [4.78, 5) is 57.3. The second-order valence-electron chi connectivity index (χ2n) is 10.7. The lowest BCUT2D eigenvalue weighted by molar-refractivity contribution is -0.142. The molecule has 0 heterocycles. The van der Waals surface area contributed by atoms with E-state index in [0.29, 0.717) is 26.1 Å². The van der Waals surface area contributed by atoms with Crippen molar-refractivity contribution >= 4 is 29.5 Å². The van der Waals surface area contributed by atoms with Gasteiger partial charge in [0, 0.05) is 32.2 Å². The van der Waals surface area contributed by atoms with E-state index in [9.17, 15) is 29.1 Å². The van der Waals surface area contributed by atoms with Crippen molar-refractivity contribution in [1.29, 1.82) is 0 Å². The van der Waals surface area contributed by atoms with E-state index >= 15 is 0 Å². The van der Waals surface area contributed by atoms with Crippen LogP contribution in [-0.2, 0) is 33.4 Å². The molecular formula is C31H56N2O9. The molecule has 11 heteroatoms. The Kier molecular flexibility index (Phi) is 26.9. The fourth-order valence-corrected chi connectivity index (χ4v) is 4.34. The van der Waals surface area contributed by atoms with Crippen LogP contribution in [0.1, 0.15) is 129 Å². The van der Waals surface area contributed by atoms with Gasteiger partial charge in [0.15, 0.2) is 5.78 Å². The third kappa shape index (κ3) is 27.6. The Morgan fingerprint density at radius 1 is 0.619 bits per heavy atom. The fourth-order valence-electron chi connectivity index (χ4n) is 4.34. The Hall–Kier alpha value is -2.53. The van der Waals surface area contributed by atoms with Gasteiger partial charge in [0.05, 0.1) is 19.8 Å². The molecule has 0 spiro atoms. The molecule has 0 saturated carbocycles. The van der Waals surface area contributed by atoms with Crippen molar-refractivity contribution in [2.75, 3.05) is 33.0 Å². The molecule has 0 unspecified atom stereocenters. The lowest BCUT2D eigenvalue weighted by Crippen LogP contribution is -2.41. The number of hydrogen-bond acceptors (Lipinski definition) is 7. The van der Waals surface area contributed by atoms with Crippen molar-refractivity contribution in [2.45, 2.75) is 135 Å². The highest BCUT2D eigenvalue weighted by Crippen LogP contribution is 2.14. The van der Waals surface area contributed by atoms with E-state index < -0.39 is 18.0 Å². The van der Waals surface area contributed by atoms with E-state index in [-0.39, 0.29) is 63.0 Å². The van der Waals surface area contributed by atoms with Gasteiger partial charge in [-0.2, -0.15) is 0 Å². The van der Waals surface area contributed by atoms with Gasteiger partial charge in [-0.1, -0.05) is 84.0 Å². The second kappa shape index (κ2) is 28.6. The van der Waals surface area contributed by atoms with Crippen LogP contribution in [-0.4, -0.2) is 78.8 Å². The topological polar surface area (TPSA) is 168 Å². The largest absolute Gasteiger partial charge is 0.481 e. The zero-order valence-corrected chi connectivity index (χ0v) is 25.8. The van der Waals surface area contributed by atoms with Crippen LogP contribution in [0.15, 0.2) is 0 Å². The molecule has 0 radical (unpaired) electrons. The van der Waals surface area contributed by atoms with Gasteiger partial charge in [0.1, 0.15) is 12.6 Å². The number of carboxylic acid groups (broad SMARTS) is 2. The summed E-state index contributed by atoms with van der Waals surface area (Å²) in [5, 5.41) is 23.2. The smallest absolute Gasteiger partial charge is 0.326 e. The van der Waals surface area contributed by atoms with Gasteiger partial charge < -0.3 is 30.3 Å². The zero-order chi connectivity index (χ0) is 31.3. The molecule has 0 aliphatic carbocycles. The molecule has 0 fully saturated rings. The molecule has 42 heavy (non-hydrogen) atoms. The summed E-state index contributed by atoms with van der Waals surface area (Å²) in [6.45, 7) is 2.99. The maximum absolute atomic E-state index is 12.2. The van der Waals surface area contributed by atoms with Crippen LogP contribution < -0.4 is 10.6 Å². The molecule has 4 N–H and O–H groups in total. The Morgan fingerprint density at radius 2 is 1.12 bits per heavy atom. The Balaban J connectivity index is 3.66. The van der Waals surface area contributed by atoms with Gasteiger partial charge in [-0.15, -0.1) is 0 Å². The Morgan fingerprint density at radius 3 is 1.62 bits per heavy atom. The third-order valence-corrected chi connectivity index (χ3v) is 6.94. The lowest BCUT2D eigenvalue weighted by Gasteiger charge is -2.14. The maximum Gasteiger partial charge on any atom is 0.326 e. The van der Waals surface area contributed by atoms with E-state index in [1.807, 2.05) is 0 Å². The van der Waals surface area contributed by atoms with Gasteiger partial charge in [-0.05, 0) is 19.3 Å². The van der Waals surface area contributed by atoms with Gasteiger partial charge in [-0.3, -0.25) is 19.2 Å². The highest BCUT2D eigenvalue weighted by Gasteiger charge is 2.20. The quantitative estimate of drug-likeness (QED) is 0.0818. The predicted molar refractivity (Wildman–Crippen MR) is 160 cm³/mol. The van der Waals surface area contributed by atoms with Crippen LogP contribution in [0.25, 0.3) is 0 Å². The molecule has 244 valence electrons. The first-order valence-corrected chi connectivity index (χ1v) is 15.9. The zero-order valence-electron chi connectivity index (χ0n) is 25.8. The maximum atomic E-state index is 12.2. The third-order valence-electron chi connectivity index (χ3n) is 6.94. The SMILES string of the molecule is CCC(=O)COCCOCCNC(=O)CC[C@H](NC(=O)CCCCCCCCCCCCCCCCC(=O)O)C(=O)O. The van der Waals surface area contributed by atoms with Crippen LogP contribution in [0.2, 0.25) is 0 Å². The first kappa shape index (κ1) is 39.5. The molecule has 11 nitrogen and oxygen atoms in total. The van der Waals surface area contributed by atoms with E-state index in [4.69, 9.17) is 14.6 Å². The van der Waals surface area contributed by atoms with E-state index in [0.717, 1.165) is 38.5 Å². The van der Waals surface area contributed by atoms with Crippen LogP contribution in [0.3, 0.4) is 0 Å². The molecule has 0 aromatic carbocycles. The number of unbranched alkanes of at least 4 members (excludes halogenated alkanes) is 13. The summed E-state index contributed by atoms with van der Waals surface area (Å²) >= 11 is 0. The molecular weight excluding hydrogens is 544 g/mol. The molecule has 0 rings (SSSR count). The number of nitrogens with one attached hydrogen (secondary N) is 2. The molecule has 0 aromatic rings. The number of ether oxygens (including phenoxy) is 2. The van der Waals surface area contributed by atoms with Crippen LogP contribution in [0.5, 0.6) is 0 Å². The minimum atomic E-state index is -1.16. The van der Waals surface area contributed by atoms with Crippen molar-refractivity contribution in [3.63, 3.8) is 0 Å². The Labute approximate surface area is 251 Å². The monoisotopic (exact) mass is 600 g/mol. The number of amides is 2. The number of ketones is 1. The van der Waals surface area contributed by atoms with Crippen molar-refractivity contribution < 1.29 is 43.7 Å².